The van der Waals surface area contributed by atoms with Crippen LogP contribution in [0.25, 0.3) is 10.9 Å². The maximum absolute atomic E-state index is 13.2. The number of benzene rings is 3. The van der Waals surface area contributed by atoms with Crippen LogP contribution in [0.15, 0.2) is 78.9 Å². The second kappa shape index (κ2) is 11.4. The monoisotopic (exact) mass is 552 g/mol. The molecule has 2 aliphatic rings. The van der Waals surface area contributed by atoms with Gasteiger partial charge in [-0.1, -0.05) is 60.7 Å². The SMILES string of the molecule is O=C(O)C(F)(F)F.O=C(OCc1ccccc1)C1c2[nH]c3ccc(OCc4ccccc4)cc3c2C2CCN1C2. The number of carbonyl (C=O) groups is 2. The van der Waals surface area contributed by atoms with E-state index in [1.807, 2.05) is 54.6 Å². The largest absolute Gasteiger partial charge is 0.490 e. The predicted molar refractivity (Wildman–Crippen MR) is 141 cm³/mol. The smallest absolute Gasteiger partial charge is 0.489 e. The molecule has 2 aliphatic heterocycles. The average Bonchev–Trinajstić information content (AvgIpc) is 3.54. The fraction of sp³-hybridized carbons (Fsp3) is 0.267. The molecule has 1 aromatic heterocycles. The van der Waals surface area contributed by atoms with Crippen LogP contribution in [0, 0.1) is 0 Å². The predicted octanol–water partition coefficient (Wildman–Crippen LogP) is 5.97. The lowest BCUT2D eigenvalue weighted by atomic mass is 9.90. The molecule has 3 atom stereocenters. The van der Waals surface area contributed by atoms with Gasteiger partial charge >= 0.3 is 18.1 Å². The quantitative estimate of drug-likeness (QED) is 0.287. The Morgan fingerprint density at radius 3 is 2.20 bits per heavy atom. The zero-order chi connectivity index (χ0) is 28.3. The number of H-pyrrole nitrogens is 1. The van der Waals surface area contributed by atoms with E-state index >= 15 is 0 Å². The Kier molecular flexibility index (Phi) is 7.79. The molecule has 2 bridgehead atoms. The van der Waals surface area contributed by atoms with E-state index in [9.17, 15) is 18.0 Å². The molecular formula is C30H27F3N2O5. The van der Waals surface area contributed by atoms with Crippen molar-refractivity contribution < 1.29 is 37.3 Å². The molecule has 10 heteroatoms. The molecule has 4 aromatic rings. The highest BCUT2D eigenvalue weighted by Gasteiger charge is 2.44. The first kappa shape index (κ1) is 27.3. The van der Waals surface area contributed by atoms with Crippen LogP contribution in [0.1, 0.15) is 40.8 Å². The standard InChI is InChI=1S/C28H26N2O3.C2HF3O2/c31-28(33-18-20-9-5-2-6-10-20)27-26-25(21-13-14-30(27)16-21)23-15-22(11-12-24(23)29-26)32-17-19-7-3-1-4-8-19;3-2(4,5)1(6)7/h1-12,15,21,27,29H,13-14,16-18H2;(H,6,7). The highest BCUT2D eigenvalue weighted by Crippen LogP contribution is 2.46. The third kappa shape index (κ3) is 5.96. The molecule has 0 saturated carbocycles. The Morgan fingerprint density at radius 2 is 1.57 bits per heavy atom. The molecule has 3 aromatic carbocycles. The number of aromatic nitrogens is 1. The summed E-state index contributed by atoms with van der Waals surface area (Å²) in [5.74, 6) is -1.67. The normalized spacial score (nSPS) is 19.3. The number of aliphatic carboxylic acids is 1. The van der Waals surface area contributed by atoms with Crippen molar-refractivity contribution in [1.29, 1.82) is 0 Å². The van der Waals surface area contributed by atoms with Crippen molar-refractivity contribution in [3.05, 3.63) is 101 Å². The van der Waals surface area contributed by atoms with Crippen molar-refractivity contribution in [1.82, 2.24) is 9.88 Å². The first-order chi connectivity index (χ1) is 19.2. The van der Waals surface area contributed by atoms with Gasteiger partial charge in [0.1, 0.15) is 25.0 Å². The summed E-state index contributed by atoms with van der Waals surface area (Å²) >= 11 is 0. The third-order valence-electron chi connectivity index (χ3n) is 7.05. The fourth-order valence-electron chi connectivity index (χ4n) is 5.21. The number of esters is 1. The number of nitrogens with zero attached hydrogens (tertiary/aromatic N) is 1. The maximum atomic E-state index is 13.2. The molecule has 0 spiro atoms. The number of ether oxygens (including phenoxy) is 2. The van der Waals surface area contributed by atoms with Gasteiger partial charge in [-0.25, -0.2) is 9.59 Å². The highest BCUT2D eigenvalue weighted by atomic mass is 19.4. The van der Waals surface area contributed by atoms with Crippen molar-refractivity contribution in [3.63, 3.8) is 0 Å². The molecule has 0 aliphatic carbocycles. The molecular weight excluding hydrogens is 525 g/mol. The van der Waals surface area contributed by atoms with E-state index in [-0.39, 0.29) is 12.0 Å². The summed E-state index contributed by atoms with van der Waals surface area (Å²) in [7, 11) is 0. The van der Waals surface area contributed by atoms with Gasteiger partial charge in [-0.2, -0.15) is 13.2 Å². The van der Waals surface area contributed by atoms with Gasteiger partial charge in [-0.05, 0) is 47.9 Å². The Balaban J connectivity index is 0.000000411. The molecule has 40 heavy (non-hydrogen) atoms. The number of alkyl halides is 3. The van der Waals surface area contributed by atoms with E-state index in [1.54, 1.807) is 0 Å². The second-order valence-corrected chi connectivity index (χ2v) is 9.71. The van der Waals surface area contributed by atoms with Gasteiger partial charge in [0.05, 0.1) is 0 Å². The first-order valence-corrected chi connectivity index (χ1v) is 12.8. The van der Waals surface area contributed by atoms with E-state index in [1.165, 1.54) is 5.56 Å². The van der Waals surface area contributed by atoms with Crippen LogP contribution in [0.4, 0.5) is 13.2 Å². The molecule has 3 heterocycles. The van der Waals surface area contributed by atoms with Crippen molar-refractivity contribution >= 4 is 22.8 Å². The minimum atomic E-state index is -5.08. The summed E-state index contributed by atoms with van der Waals surface area (Å²) < 4.78 is 43.6. The number of halogens is 3. The molecule has 0 amide bonds. The summed E-state index contributed by atoms with van der Waals surface area (Å²) in [6.45, 7) is 2.62. The van der Waals surface area contributed by atoms with E-state index in [4.69, 9.17) is 19.4 Å². The summed E-state index contributed by atoms with van der Waals surface area (Å²) in [6.07, 6.45) is -4.03. The number of aromatic amines is 1. The zero-order valence-corrected chi connectivity index (χ0v) is 21.4. The summed E-state index contributed by atoms with van der Waals surface area (Å²) in [5.41, 5.74) is 5.42. The topological polar surface area (TPSA) is 91.9 Å². The number of hydrogen-bond acceptors (Lipinski definition) is 5. The summed E-state index contributed by atoms with van der Waals surface area (Å²) in [6, 6.07) is 25.8. The molecule has 2 N–H and O–H groups in total. The minimum Gasteiger partial charge on any atom is -0.489 e. The van der Waals surface area contributed by atoms with Crippen LogP contribution in [0.5, 0.6) is 5.75 Å². The van der Waals surface area contributed by atoms with Crippen LogP contribution in [0.2, 0.25) is 0 Å². The molecule has 1 saturated heterocycles. The van der Waals surface area contributed by atoms with E-state index in [0.29, 0.717) is 19.1 Å². The van der Waals surface area contributed by atoms with Crippen molar-refractivity contribution in [2.45, 2.75) is 37.8 Å². The number of carbonyl (C=O) groups excluding carboxylic acids is 1. The number of carboxylic acids is 1. The van der Waals surface area contributed by atoms with Crippen molar-refractivity contribution in [2.24, 2.45) is 0 Å². The minimum absolute atomic E-state index is 0.187. The van der Waals surface area contributed by atoms with E-state index < -0.39 is 12.1 Å². The zero-order valence-electron chi connectivity index (χ0n) is 21.4. The average molecular weight is 553 g/mol. The van der Waals surface area contributed by atoms with Gasteiger partial charge in [0.15, 0.2) is 0 Å². The van der Waals surface area contributed by atoms with Gasteiger partial charge in [0.25, 0.3) is 0 Å². The van der Waals surface area contributed by atoms with Crippen LogP contribution in [-0.2, 0) is 27.5 Å². The number of nitrogens with one attached hydrogen (secondary N) is 1. The van der Waals surface area contributed by atoms with E-state index in [0.717, 1.165) is 53.0 Å². The Bertz CT molecular complexity index is 1490. The van der Waals surface area contributed by atoms with Gasteiger partial charge in [-0.3, -0.25) is 4.90 Å². The summed E-state index contributed by atoms with van der Waals surface area (Å²) in [4.78, 5) is 27.9. The molecule has 208 valence electrons. The van der Waals surface area contributed by atoms with Gasteiger partial charge < -0.3 is 19.6 Å². The Labute approximate surface area is 228 Å². The van der Waals surface area contributed by atoms with Crippen molar-refractivity contribution in [2.75, 3.05) is 13.1 Å². The maximum Gasteiger partial charge on any atom is 0.490 e. The van der Waals surface area contributed by atoms with Gasteiger partial charge in [-0.15, -0.1) is 0 Å². The fourth-order valence-corrected chi connectivity index (χ4v) is 5.21. The first-order valence-electron chi connectivity index (χ1n) is 12.8. The highest BCUT2D eigenvalue weighted by molar-refractivity contribution is 5.90. The number of fused-ring (bicyclic) bond motifs is 6. The molecule has 6 rings (SSSR count). The Hall–Kier alpha value is -4.31. The van der Waals surface area contributed by atoms with Gasteiger partial charge in [0.2, 0.25) is 0 Å². The number of carboxylic acid groups (broad SMARTS) is 1. The van der Waals surface area contributed by atoms with Crippen molar-refractivity contribution in [3.8, 4) is 5.75 Å². The Morgan fingerprint density at radius 1 is 0.950 bits per heavy atom. The van der Waals surface area contributed by atoms with Gasteiger partial charge in [0, 0.05) is 29.1 Å². The molecule has 7 nitrogen and oxygen atoms in total. The lowest BCUT2D eigenvalue weighted by Gasteiger charge is -2.30. The van der Waals surface area contributed by atoms with Crippen LogP contribution in [0.3, 0.4) is 0 Å². The molecule has 0 radical (unpaired) electrons. The lowest BCUT2D eigenvalue weighted by Crippen LogP contribution is -2.37. The third-order valence-corrected chi connectivity index (χ3v) is 7.05. The lowest BCUT2D eigenvalue weighted by molar-refractivity contribution is -0.192. The number of rotatable bonds is 6. The van der Waals surface area contributed by atoms with Crippen LogP contribution >= 0.6 is 0 Å². The van der Waals surface area contributed by atoms with E-state index in [2.05, 4.69) is 34.1 Å². The van der Waals surface area contributed by atoms with Crippen LogP contribution in [-0.4, -0.2) is 46.2 Å². The summed E-state index contributed by atoms with van der Waals surface area (Å²) in [5, 5.41) is 8.28. The molecule has 3 unspecified atom stereocenters. The molecule has 1 fully saturated rings. The second-order valence-electron chi connectivity index (χ2n) is 9.71. The number of hydrogen-bond donors (Lipinski definition) is 2. The van der Waals surface area contributed by atoms with Crippen LogP contribution < -0.4 is 4.74 Å².